The van der Waals surface area contributed by atoms with Crippen LogP contribution in [-0.2, 0) is 17.9 Å². The van der Waals surface area contributed by atoms with Crippen molar-refractivity contribution in [1.82, 2.24) is 15.5 Å². The van der Waals surface area contributed by atoms with Crippen molar-refractivity contribution >= 4 is 29.9 Å². The molecular weight excluding hydrogens is 439 g/mol. The number of halogens is 1. The summed E-state index contributed by atoms with van der Waals surface area (Å²) in [7, 11) is 3.54. The monoisotopic (exact) mass is 476 g/mol. The van der Waals surface area contributed by atoms with E-state index >= 15 is 0 Å². The number of ether oxygens (including phenoxy) is 1. The molecule has 0 heterocycles. The van der Waals surface area contributed by atoms with Crippen molar-refractivity contribution in [3.8, 4) is 0 Å². The SMILES string of the molecule is CCN(CC)CCCC(C)NC(=NC)NCc1ccc(COC)cc1.I. The molecule has 0 saturated carbocycles. The molecule has 0 radical (unpaired) electrons. The largest absolute Gasteiger partial charge is 0.380 e. The van der Waals surface area contributed by atoms with Crippen LogP contribution in [0.2, 0.25) is 0 Å². The molecular formula is C20H37IN4O. The fourth-order valence-electron chi connectivity index (χ4n) is 2.77. The molecule has 0 aliphatic heterocycles. The van der Waals surface area contributed by atoms with Crippen LogP contribution >= 0.6 is 24.0 Å². The van der Waals surface area contributed by atoms with Gasteiger partial charge in [-0.05, 0) is 50.5 Å². The Kier molecular flexibility index (Phi) is 14.7. The summed E-state index contributed by atoms with van der Waals surface area (Å²) in [6, 6.07) is 8.87. The minimum absolute atomic E-state index is 0. The fraction of sp³-hybridized carbons (Fsp3) is 0.650. The highest BCUT2D eigenvalue weighted by atomic mass is 127. The Bertz CT molecular complexity index is 489. The van der Waals surface area contributed by atoms with Gasteiger partial charge in [-0.25, -0.2) is 0 Å². The van der Waals surface area contributed by atoms with Crippen molar-refractivity contribution < 1.29 is 4.74 Å². The lowest BCUT2D eigenvalue weighted by atomic mass is 10.1. The summed E-state index contributed by atoms with van der Waals surface area (Å²) in [6.07, 6.45) is 2.34. The number of benzene rings is 1. The van der Waals surface area contributed by atoms with Crippen LogP contribution in [0.25, 0.3) is 0 Å². The molecule has 2 N–H and O–H groups in total. The summed E-state index contributed by atoms with van der Waals surface area (Å²) in [5.74, 6) is 0.858. The maximum Gasteiger partial charge on any atom is 0.191 e. The third kappa shape index (κ3) is 10.3. The fourth-order valence-corrected chi connectivity index (χ4v) is 2.77. The molecule has 5 nitrogen and oxygen atoms in total. The number of rotatable bonds is 11. The standard InChI is InChI=1S/C20H36N4O.HI/c1-6-24(7-2)14-8-9-17(3)23-20(21-4)22-15-18-10-12-19(13-11-18)16-25-5;/h10-13,17H,6-9,14-16H2,1-5H3,(H2,21,22,23);1H. The van der Waals surface area contributed by atoms with E-state index in [1.165, 1.54) is 24.1 Å². The number of methoxy groups -OCH3 is 1. The molecule has 0 saturated heterocycles. The van der Waals surface area contributed by atoms with E-state index in [4.69, 9.17) is 4.74 Å². The van der Waals surface area contributed by atoms with Crippen LogP contribution in [0, 0.1) is 0 Å². The first-order valence-electron chi connectivity index (χ1n) is 9.39. The van der Waals surface area contributed by atoms with Gasteiger partial charge in [-0.3, -0.25) is 4.99 Å². The van der Waals surface area contributed by atoms with Gasteiger partial charge in [-0.15, -0.1) is 24.0 Å². The van der Waals surface area contributed by atoms with Gasteiger partial charge in [0.2, 0.25) is 0 Å². The second-order valence-electron chi connectivity index (χ2n) is 6.39. The molecule has 150 valence electrons. The first-order chi connectivity index (χ1) is 12.1. The van der Waals surface area contributed by atoms with Crippen LogP contribution < -0.4 is 10.6 Å². The van der Waals surface area contributed by atoms with Crippen molar-refractivity contribution in [2.45, 2.75) is 52.8 Å². The normalized spacial score (nSPS) is 12.6. The Morgan fingerprint density at radius 3 is 2.31 bits per heavy atom. The molecule has 0 bridgehead atoms. The zero-order valence-corrected chi connectivity index (χ0v) is 19.4. The van der Waals surface area contributed by atoms with Gasteiger partial charge in [0.05, 0.1) is 6.61 Å². The molecule has 0 fully saturated rings. The Balaban J connectivity index is 0.00000625. The molecule has 6 heteroatoms. The number of aliphatic imine (C=N–C) groups is 1. The molecule has 1 aromatic rings. The van der Waals surface area contributed by atoms with Crippen LogP contribution in [0.1, 0.15) is 44.7 Å². The first kappa shape index (κ1) is 25.1. The minimum atomic E-state index is 0. The lowest BCUT2D eigenvalue weighted by Crippen LogP contribution is -2.42. The van der Waals surface area contributed by atoms with E-state index in [-0.39, 0.29) is 24.0 Å². The number of nitrogens with zero attached hydrogens (tertiary/aromatic N) is 2. The molecule has 1 unspecified atom stereocenters. The third-order valence-corrected chi connectivity index (χ3v) is 4.41. The van der Waals surface area contributed by atoms with E-state index in [1.807, 2.05) is 7.05 Å². The highest BCUT2D eigenvalue weighted by Gasteiger charge is 2.06. The average Bonchev–Trinajstić information content (AvgIpc) is 2.63. The Morgan fingerprint density at radius 2 is 1.77 bits per heavy atom. The lowest BCUT2D eigenvalue weighted by molar-refractivity contribution is 0.185. The van der Waals surface area contributed by atoms with Crippen LogP contribution in [0.4, 0.5) is 0 Å². The summed E-state index contributed by atoms with van der Waals surface area (Å²) in [6.45, 7) is 11.5. The second kappa shape index (κ2) is 15.2. The molecule has 0 aliphatic rings. The third-order valence-electron chi connectivity index (χ3n) is 4.41. The zero-order valence-electron chi connectivity index (χ0n) is 17.0. The van der Waals surface area contributed by atoms with Crippen LogP contribution in [0.3, 0.4) is 0 Å². The average molecular weight is 476 g/mol. The second-order valence-corrected chi connectivity index (χ2v) is 6.39. The Labute approximate surface area is 177 Å². The van der Waals surface area contributed by atoms with Crippen molar-refractivity contribution in [2.24, 2.45) is 4.99 Å². The van der Waals surface area contributed by atoms with Gasteiger partial charge in [-0.1, -0.05) is 38.1 Å². The maximum atomic E-state index is 5.14. The van der Waals surface area contributed by atoms with E-state index in [9.17, 15) is 0 Å². The molecule has 0 amide bonds. The van der Waals surface area contributed by atoms with E-state index < -0.39 is 0 Å². The van der Waals surface area contributed by atoms with Gasteiger partial charge in [0.15, 0.2) is 5.96 Å². The van der Waals surface area contributed by atoms with Gasteiger partial charge in [0, 0.05) is 26.7 Å². The van der Waals surface area contributed by atoms with Gasteiger partial charge >= 0.3 is 0 Å². The topological polar surface area (TPSA) is 48.9 Å². The Morgan fingerprint density at radius 1 is 1.15 bits per heavy atom. The predicted octanol–water partition coefficient (Wildman–Crippen LogP) is 3.63. The summed E-state index contributed by atoms with van der Waals surface area (Å²) in [4.78, 5) is 6.79. The quantitative estimate of drug-likeness (QED) is 0.291. The predicted molar refractivity (Wildman–Crippen MR) is 122 cm³/mol. The zero-order chi connectivity index (χ0) is 18.5. The van der Waals surface area contributed by atoms with Crippen LogP contribution in [-0.4, -0.2) is 50.7 Å². The van der Waals surface area contributed by atoms with E-state index in [0.29, 0.717) is 12.6 Å². The van der Waals surface area contributed by atoms with Crippen molar-refractivity contribution in [3.05, 3.63) is 35.4 Å². The summed E-state index contributed by atoms with van der Waals surface area (Å²) in [5, 5.41) is 6.87. The summed E-state index contributed by atoms with van der Waals surface area (Å²) >= 11 is 0. The van der Waals surface area contributed by atoms with Crippen molar-refractivity contribution in [1.29, 1.82) is 0 Å². The maximum absolute atomic E-state index is 5.14. The molecule has 26 heavy (non-hydrogen) atoms. The molecule has 0 aromatic heterocycles. The summed E-state index contributed by atoms with van der Waals surface area (Å²) < 4.78 is 5.14. The molecule has 1 aromatic carbocycles. The van der Waals surface area contributed by atoms with Crippen LogP contribution in [0.15, 0.2) is 29.3 Å². The molecule has 0 aliphatic carbocycles. The number of guanidine groups is 1. The highest BCUT2D eigenvalue weighted by Crippen LogP contribution is 2.05. The van der Waals surface area contributed by atoms with Crippen molar-refractivity contribution in [2.75, 3.05) is 33.8 Å². The van der Waals surface area contributed by atoms with Gasteiger partial charge in [0.25, 0.3) is 0 Å². The van der Waals surface area contributed by atoms with Crippen LogP contribution in [0.5, 0.6) is 0 Å². The molecule has 0 spiro atoms. The molecule has 1 rings (SSSR count). The van der Waals surface area contributed by atoms with E-state index in [0.717, 1.165) is 32.0 Å². The van der Waals surface area contributed by atoms with E-state index in [2.05, 4.69) is 65.6 Å². The van der Waals surface area contributed by atoms with Crippen molar-refractivity contribution in [3.63, 3.8) is 0 Å². The number of hydrogen-bond donors (Lipinski definition) is 2. The van der Waals surface area contributed by atoms with Gasteiger partial charge < -0.3 is 20.3 Å². The van der Waals surface area contributed by atoms with E-state index in [1.54, 1.807) is 7.11 Å². The smallest absolute Gasteiger partial charge is 0.191 e. The number of hydrogen-bond acceptors (Lipinski definition) is 3. The highest BCUT2D eigenvalue weighted by molar-refractivity contribution is 14.0. The lowest BCUT2D eigenvalue weighted by Gasteiger charge is -2.21. The first-order valence-corrected chi connectivity index (χ1v) is 9.39. The number of nitrogens with one attached hydrogen (secondary N) is 2. The minimum Gasteiger partial charge on any atom is -0.380 e. The van der Waals surface area contributed by atoms with Gasteiger partial charge in [-0.2, -0.15) is 0 Å². The molecule has 1 atom stereocenters. The van der Waals surface area contributed by atoms with Gasteiger partial charge in [0.1, 0.15) is 0 Å². The summed E-state index contributed by atoms with van der Waals surface area (Å²) in [5.41, 5.74) is 2.42. The Hall–Kier alpha value is -0.860.